The van der Waals surface area contributed by atoms with Gasteiger partial charge in [-0.2, -0.15) is 11.3 Å². The third kappa shape index (κ3) is 3.93. The maximum absolute atomic E-state index is 12.0. The van der Waals surface area contributed by atoms with Crippen LogP contribution >= 0.6 is 11.3 Å². The molecule has 0 radical (unpaired) electrons. The zero-order chi connectivity index (χ0) is 14.4. The lowest BCUT2D eigenvalue weighted by Crippen LogP contribution is -2.52. The molecular weight excluding hydrogens is 277 g/mol. The lowest BCUT2D eigenvalue weighted by molar-refractivity contribution is 0.114. The van der Waals surface area contributed by atoms with Gasteiger partial charge in [-0.1, -0.05) is 0 Å². The predicted octanol–water partition coefficient (Wildman–Crippen LogP) is 2.50. The summed E-state index contributed by atoms with van der Waals surface area (Å²) < 4.78 is 12.0. The van der Waals surface area contributed by atoms with Crippen molar-refractivity contribution in [2.45, 2.75) is 19.4 Å². The number of halogens is 1. The molecule has 1 aromatic heterocycles. The first-order valence-corrected chi connectivity index (χ1v) is 8.01. The first-order chi connectivity index (χ1) is 9.72. The van der Waals surface area contributed by atoms with Crippen LogP contribution in [0.15, 0.2) is 16.8 Å². The number of piperazine rings is 1. The number of hydrogen-bond acceptors (Lipinski definition) is 3. The van der Waals surface area contributed by atoms with Crippen molar-refractivity contribution < 1.29 is 9.18 Å². The van der Waals surface area contributed by atoms with Gasteiger partial charge in [0.25, 0.3) is 0 Å². The Bertz CT molecular complexity index is 405. The van der Waals surface area contributed by atoms with Crippen LogP contribution in [0.2, 0.25) is 0 Å². The second-order valence-electron chi connectivity index (χ2n) is 5.03. The lowest BCUT2D eigenvalue weighted by atomic mass is 10.1. The number of alkyl halides is 1. The van der Waals surface area contributed by atoms with Gasteiger partial charge in [0.15, 0.2) is 0 Å². The number of nitrogens with zero attached hydrogens (tertiary/aromatic N) is 2. The summed E-state index contributed by atoms with van der Waals surface area (Å²) in [5.74, 6) is 0. The molecule has 2 heterocycles. The molecule has 6 heteroatoms. The molecule has 1 aromatic rings. The van der Waals surface area contributed by atoms with E-state index in [0.717, 1.165) is 26.2 Å². The molecule has 1 unspecified atom stereocenters. The Labute approximate surface area is 123 Å². The molecule has 1 aliphatic rings. The van der Waals surface area contributed by atoms with Crippen molar-refractivity contribution in [1.82, 2.24) is 15.1 Å². The van der Waals surface area contributed by atoms with Crippen molar-refractivity contribution in [2.75, 3.05) is 39.4 Å². The van der Waals surface area contributed by atoms with Gasteiger partial charge in [-0.15, -0.1) is 0 Å². The number of carbonyl (C=O) groups is 1. The van der Waals surface area contributed by atoms with E-state index < -0.39 is 0 Å². The van der Waals surface area contributed by atoms with E-state index in [0.29, 0.717) is 19.0 Å². The van der Waals surface area contributed by atoms with Crippen molar-refractivity contribution in [3.63, 3.8) is 0 Å². The third-order valence-electron chi connectivity index (χ3n) is 3.76. The second kappa shape index (κ2) is 7.59. The Balaban J connectivity index is 1.76. The van der Waals surface area contributed by atoms with Crippen LogP contribution in [0, 0.1) is 0 Å². The van der Waals surface area contributed by atoms with Crippen molar-refractivity contribution in [1.29, 1.82) is 0 Å². The van der Waals surface area contributed by atoms with Crippen LogP contribution in [0.5, 0.6) is 0 Å². The molecule has 112 valence electrons. The molecule has 0 aliphatic carbocycles. The first kappa shape index (κ1) is 15.3. The molecule has 4 nitrogen and oxygen atoms in total. The predicted molar refractivity (Wildman–Crippen MR) is 79.9 cm³/mol. The number of thiophene rings is 1. The Kier molecular flexibility index (Phi) is 5.79. The Morgan fingerprint density at radius 3 is 2.80 bits per heavy atom. The van der Waals surface area contributed by atoms with Gasteiger partial charge in [-0.25, -0.2) is 4.79 Å². The SMILES string of the molecule is CC(c1ccsc1)N1CCN(C(=O)NCCCF)CC1. The summed E-state index contributed by atoms with van der Waals surface area (Å²) in [6.07, 6.45) is 0.390. The quantitative estimate of drug-likeness (QED) is 0.848. The number of amides is 2. The average molecular weight is 299 g/mol. The van der Waals surface area contributed by atoms with E-state index in [-0.39, 0.29) is 12.7 Å². The highest BCUT2D eigenvalue weighted by molar-refractivity contribution is 7.07. The van der Waals surface area contributed by atoms with Gasteiger partial charge in [0.1, 0.15) is 0 Å². The summed E-state index contributed by atoms with van der Waals surface area (Å²) in [7, 11) is 0. The molecule has 0 spiro atoms. The largest absolute Gasteiger partial charge is 0.338 e. The molecule has 2 amide bonds. The number of hydrogen-bond donors (Lipinski definition) is 1. The smallest absolute Gasteiger partial charge is 0.317 e. The summed E-state index contributed by atoms with van der Waals surface area (Å²) in [4.78, 5) is 16.1. The highest BCUT2D eigenvalue weighted by Crippen LogP contribution is 2.23. The van der Waals surface area contributed by atoms with Crippen LogP contribution in [0.4, 0.5) is 9.18 Å². The van der Waals surface area contributed by atoms with Crippen molar-refractivity contribution >= 4 is 17.4 Å². The van der Waals surface area contributed by atoms with E-state index in [1.54, 1.807) is 11.3 Å². The highest BCUT2D eigenvalue weighted by atomic mass is 32.1. The minimum atomic E-state index is -0.383. The van der Waals surface area contributed by atoms with E-state index in [9.17, 15) is 9.18 Å². The second-order valence-corrected chi connectivity index (χ2v) is 5.81. The number of nitrogens with one attached hydrogen (secondary N) is 1. The van der Waals surface area contributed by atoms with Gasteiger partial charge in [0.2, 0.25) is 0 Å². The third-order valence-corrected chi connectivity index (χ3v) is 4.46. The van der Waals surface area contributed by atoms with E-state index in [4.69, 9.17) is 0 Å². The maximum atomic E-state index is 12.0. The molecular formula is C14H22FN3OS. The van der Waals surface area contributed by atoms with Gasteiger partial charge in [-0.05, 0) is 35.7 Å². The van der Waals surface area contributed by atoms with Gasteiger partial charge in [-0.3, -0.25) is 9.29 Å². The molecule has 1 fully saturated rings. The summed E-state index contributed by atoms with van der Waals surface area (Å²) in [5.41, 5.74) is 1.34. The number of rotatable bonds is 5. The molecule has 1 aliphatic heterocycles. The summed E-state index contributed by atoms with van der Waals surface area (Å²) in [5, 5.41) is 7.03. The molecule has 0 aromatic carbocycles. The molecule has 2 rings (SSSR count). The van der Waals surface area contributed by atoms with Crippen molar-refractivity contribution in [3.8, 4) is 0 Å². The van der Waals surface area contributed by atoms with Crippen LogP contribution in [0.1, 0.15) is 24.9 Å². The minimum absolute atomic E-state index is 0.0683. The van der Waals surface area contributed by atoms with Crippen LogP contribution in [-0.4, -0.2) is 55.2 Å². The minimum Gasteiger partial charge on any atom is -0.338 e. The van der Waals surface area contributed by atoms with E-state index in [1.807, 2.05) is 4.90 Å². The van der Waals surface area contributed by atoms with E-state index in [2.05, 4.69) is 34.0 Å². The van der Waals surface area contributed by atoms with Crippen LogP contribution < -0.4 is 5.32 Å². The molecule has 0 bridgehead atoms. The summed E-state index contributed by atoms with van der Waals surface area (Å²) >= 11 is 1.72. The first-order valence-electron chi connectivity index (χ1n) is 7.07. The lowest BCUT2D eigenvalue weighted by Gasteiger charge is -2.37. The molecule has 20 heavy (non-hydrogen) atoms. The molecule has 1 saturated heterocycles. The Hall–Kier alpha value is -1.14. The Morgan fingerprint density at radius 1 is 1.45 bits per heavy atom. The van der Waals surface area contributed by atoms with Gasteiger partial charge >= 0.3 is 6.03 Å². The number of urea groups is 1. The fraction of sp³-hybridized carbons (Fsp3) is 0.643. The maximum Gasteiger partial charge on any atom is 0.317 e. The van der Waals surface area contributed by atoms with Gasteiger partial charge in [0.05, 0.1) is 6.67 Å². The van der Waals surface area contributed by atoms with Crippen molar-refractivity contribution in [3.05, 3.63) is 22.4 Å². The molecule has 1 N–H and O–H groups in total. The van der Waals surface area contributed by atoms with Gasteiger partial charge in [0, 0.05) is 38.8 Å². The van der Waals surface area contributed by atoms with Crippen LogP contribution in [0.3, 0.4) is 0 Å². The monoisotopic (exact) mass is 299 g/mol. The zero-order valence-electron chi connectivity index (χ0n) is 11.8. The fourth-order valence-electron chi connectivity index (χ4n) is 2.41. The van der Waals surface area contributed by atoms with Crippen LogP contribution in [0.25, 0.3) is 0 Å². The topological polar surface area (TPSA) is 35.6 Å². The van der Waals surface area contributed by atoms with Crippen molar-refractivity contribution in [2.24, 2.45) is 0 Å². The molecule has 1 atom stereocenters. The van der Waals surface area contributed by atoms with Crippen LogP contribution in [-0.2, 0) is 0 Å². The average Bonchev–Trinajstić information content (AvgIpc) is 3.01. The summed E-state index contributed by atoms with van der Waals surface area (Å²) in [6.45, 7) is 5.47. The molecule has 0 saturated carbocycles. The van der Waals surface area contributed by atoms with E-state index >= 15 is 0 Å². The zero-order valence-corrected chi connectivity index (χ0v) is 12.7. The van der Waals surface area contributed by atoms with E-state index in [1.165, 1.54) is 5.56 Å². The standard InChI is InChI=1S/C14H22FN3OS/c1-12(13-3-10-20-11-13)17-6-8-18(9-7-17)14(19)16-5-2-4-15/h3,10-12H,2,4-9H2,1H3,(H,16,19). The highest BCUT2D eigenvalue weighted by Gasteiger charge is 2.24. The normalized spacial score (nSPS) is 18.0. The number of carbonyl (C=O) groups excluding carboxylic acids is 1. The Morgan fingerprint density at radius 2 is 2.20 bits per heavy atom. The fourth-order valence-corrected chi connectivity index (χ4v) is 3.16. The summed E-state index contributed by atoms with van der Waals surface area (Å²) in [6, 6.07) is 2.49. The van der Waals surface area contributed by atoms with Gasteiger partial charge < -0.3 is 10.2 Å².